The minimum atomic E-state index is -0.260. The van der Waals surface area contributed by atoms with E-state index in [1.54, 1.807) is 7.11 Å². The van der Waals surface area contributed by atoms with Gasteiger partial charge in [-0.25, -0.2) is 4.99 Å². The molecule has 2 aromatic heterocycles. The average molecular weight is 546 g/mol. The number of hydrogen-bond donors (Lipinski definition) is 0. The molecule has 7 rings (SSSR count). The number of fused-ring (bicyclic) bond motifs is 4. The van der Waals surface area contributed by atoms with E-state index in [0.29, 0.717) is 4.53 Å². The van der Waals surface area contributed by atoms with Crippen LogP contribution in [0.3, 0.4) is 0 Å². The summed E-state index contributed by atoms with van der Waals surface area (Å²) in [5.41, 5.74) is 7.92. The van der Waals surface area contributed by atoms with Gasteiger partial charge in [-0.2, -0.15) is 0 Å². The number of aromatic nitrogens is 2. The van der Waals surface area contributed by atoms with Crippen molar-refractivity contribution in [2.75, 3.05) is 7.11 Å². The molecule has 0 amide bonds. The summed E-state index contributed by atoms with van der Waals surface area (Å²) in [4.78, 5) is 20.1. The lowest BCUT2D eigenvalue weighted by atomic mass is 9.83. The first-order valence-corrected chi connectivity index (χ1v) is 14.8. The normalized spacial score (nSPS) is 16.4. The molecule has 200 valence electrons. The van der Waals surface area contributed by atoms with Gasteiger partial charge in [0.15, 0.2) is 4.80 Å². The average Bonchev–Trinajstić information content (AvgIpc) is 3.51. The first kappa shape index (κ1) is 24.9. The van der Waals surface area contributed by atoms with Crippen LogP contribution in [-0.2, 0) is 13.0 Å². The van der Waals surface area contributed by atoms with Gasteiger partial charge in [-0.3, -0.25) is 9.36 Å². The molecule has 5 aromatic rings. The van der Waals surface area contributed by atoms with E-state index in [0.717, 1.165) is 59.6 Å². The Labute approximate surface area is 237 Å². The van der Waals surface area contributed by atoms with E-state index in [1.165, 1.54) is 38.9 Å². The Bertz CT molecular complexity index is 1970. The topological polar surface area (TPSA) is 48.5 Å². The van der Waals surface area contributed by atoms with Crippen LogP contribution in [0, 0.1) is 0 Å². The second-order valence-electron chi connectivity index (χ2n) is 10.5. The van der Waals surface area contributed by atoms with Crippen LogP contribution in [-0.4, -0.2) is 16.2 Å². The first-order valence-electron chi connectivity index (χ1n) is 14.0. The van der Waals surface area contributed by atoms with Gasteiger partial charge in [0.05, 0.1) is 23.4 Å². The Morgan fingerprint density at radius 1 is 1.02 bits per heavy atom. The standard InChI is InChI=1S/C34H31N3O2S/c1-3-4-19-36-21-23(24-12-7-9-15-28(24)36)20-30-33(38)37-32(26-14-8-10-16-29(26)39-2)27-18-17-22-11-5-6-13-25(22)31(27)35-34(37)40-30/h5-16,20-21,32H,3-4,17-19H2,1-2H3/b30-20-/t32-/m1/s1. The number of nitrogens with zero attached hydrogens (tertiary/aromatic N) is 3. The quantitative estimate of drug-likeness (QED) is 0.260. The molecule has 6 heteroatoms. The molecule has 0 radical (unpaired) electrons. The number of thiazole rings is 1. The van der Waals surface area contributed by atoms with Crippen molar-refractivity contribution in [3.63, 3.8) is 0 Å². The van der Waals surface area contributed by atoms with Gasteiger partial charge >= 0.3 is 0 Å². The number of hydrogen-bond acceptors (Lipinski definition) is 4. The van der Waals surface area contributed by atoms with Gasteiger partial charge in [-0.1, -0.05) is 85.3 Å². The molecule has 0 bridgehead atoms. The van der Waals surface area contributed by atoms with Crippen LogP contribution in [0.2, 0.25) is 0 Å². The van der Waals surface area contributed by atoms with E-state index in [-0.39, 0.29) is 11.6 Å². The van der Waals surface area contributed by atoms with Crippen molar-refractivity contribution in [2.45, 2.75) is 45.2 Å². The molecule has 2 aliphatic rings. The number of methoxy groups -OCH3 is 1. The third kappa shape index (κ3) is 3.97. The fourth-order valence-corrected chi connectivity index (χ4v) is 7.23. The third-order valence-electron chi connectivity index (χ3n) is 8.17. The molecule has 1 atom stereocenters. The minimum Gasteiger partial charge on any atom is -0.496 e. The fourth-order valence-electron chi connectivity index (χ4n) is 6.24. The second kappa shape index (κ2) is 10.1. The van der Waals surface area contributed by atoms with E-state index in [1.807, 2.05) is 22.8 Å². The minimum absolute atomic E-state index is 0.00421. The van der Waals surface area contributed by atoms with Crippen molar-refractivity contribution < 1.29 is 4.74 Å². The lowest BCUT2D eigenvalue weighted by Gasteiger charge is -2.31. The molecule has 0 saturated carbocycles. The zero-order chi connectivity index (χ0) is 27.2. The molecule has 0 N–H and O–H groups in total. The van der Waals surface area contributed by atoms with Crippen LogP contribution < -0.4 is 19.6 Å². The van der Waals surface area contributed by atoms with Crippen LogP contribution in [0.25, 0.3) is 22.7 Å². The number of rotatable bonds is 6. The highest BCUT2D eigenvalue weighted by Crippen LogP contribution is 2.43. The molecule has 1 aliphatic heterocycles. The van der Waals surface area contributed by atoms with Crippen molar-refractivity contribution in [3.05, 3.63) is 127 Å². The summed E-state index contributed by atoms with van der Waals surface area (Å²) in [6.45, 7) is 3.18. The number of para-hydroxylation sites is 2. The number of ether oxygens (including phenoxy) is 1. The fraction of sp³-hybridized carbons (Fsp3) is 0.235. The summed E-state index contributed by atoms with van der Waals surface area (Å²) in [6.07, 6.45) is 8.29. The number of aryl methyl sites for hydroxylation is 2. The third-order valence-corrected chi connectivity index (χ3v) is 9.15. The number of unbranched alkanes of at least 4 members (excludes halogenated alkanes) is 1. The van der Waals surface area contributed by atoms with E-state index in [4.69, 9.17) is 9.73 Å². The van der Waals surface area contributed by atoms with E-state index in [9.17, 15) is 4.79 Å². The van der Waals surface area contributed by atoms with Gasteiger partial charge < -0.3 is 9.30 Å². The molecular formula is C34H31N3O2S. The molecule has 0 unspecified atom stereocenters. The second-order valence-corrected chi connectivity index (χ2v) is 11.5. The van der Waals surface area contributed by atoms with Gasteiger partial charge in [0.25, 0.3) is 5.56 Å². The zero-order valence-electron chi connectivity index (χ0n) is 22.8. The van der Waals surface area contributed by atoms with Crippen molar-refractivity contribution in [3.8, 4) is 5.75 Å². The van der Waals surface area contributed by atoms with Crippen molar-refractivity contribution in [1.29, 1.82) is 0 Å². The Kier molecular flexibility index (Phi) is 6.28. The predicted molar refractivity (Wildman–Crippen MR) is 163 cm³/mol. The molecule has 1 aliphatic carbocycles. The summed E-state index contributed by atoms with van der Waals surface area (Å²) < 4.78 is 10.7. The maximum Gasteiger partial charge on any atom is 0.271 e. The van der Waals surface area contributed by atoms with E-state index < -0.39 is 0 Å². The Morgan fingerprint density at radius 2 is 1.82 bits per heavy atom. The summed E-state index contributed by atoms with van der Waals surface area (Å²) in [5.74, 6) is 0.786. The van der Waals surface area contributed by atoms with Crippen LogP contribution in [0.5, 0.6) is 5.75 Å². The summed E-state index contributed by atoms with van der Waals surface area (Å²) >= 11 is 1.48. The Morgan fingerprint density at radius 3 is 2.70 bits per heavy atom. The monoisotopic (exact) mass is 545 g/mol. The molecule has 3 heterocycles. The molecule has 0 fully saturated rings. The molecule has 40 heavy (non-hydrogen) atoms. The van der Waals surface area contributed by atoms with Gasteiger partial charge in [0.1, 0.15) is 5.75 Å². The van der Waals surface area contributed by atoms with Crippen LogP contribution in [0.15, 0.2) is 94.4 Å². The molecule has 0 spiro atoms. The summed E-state index contributed by atoms with van der Waals surface area (Å²) in [7, 11) is 1.70. The molecular weight excluding hydrogens is 514 g/mol. The van der Waals surface area contributed by atoms with Gasteiger partial charge in [-0.15, -0.1) is 0 Å². The molecule has 3 aromatic carbocycles. The Balaban J connectivity index is 1.47. The lowest BCUT2D eigenvalue weighted by Crippen LogP contribution is -2.38. The highest BCUT2D eigenvalue weighted by atomic mass is 32.1. The van der Waals surface area contributed by atoms with Crippen LogP contribution >= 0.6 is 11.3 Å². The number of benzene rings is 3. The maximum absolute atomic E-state index is 14.2. The van der Waals surface area contributed by atoms with Crippen LogP contribution in [0.1, 0.15) is 54.5 Å². The lowest BCUT2D eigenvalue weighted by molar-refractivity contribution is 0.402. The van der Waals surface area contributed by atoms with E-state index >= 15 is 0 Å². The summed E-state index contributed by atoms with van der Waals surface area (Å²) in [6, 6.07) is 24.8. The number of allylic oxidation sites excluding steroid dienone is 1. The highest BCUT2D eigenvalue weighted by Gasteiger charge is 2.34. The summed E-state index contributed by atoms with van der Waals surface area (Å²) in [5, 5.41) is 1.17. The zero-order valence-corrected chi connectivity index (χ0v) is 23.6. The molecule has 5 nitrogen and oxygen atoms in total. The Hall–Kier alpha value is -4.16. The van der Waals surface area contributed by atoms with Crippen LogP contribution in [0.4, 0.5) is 0 Å². The molecule has 0 saturated heterocycles. The van der Waals surface area contributed by atoms with Crippen molar-refractivity contribution >= 4 is 34.0 Å². The van der Waals surface area contributed by atoms with Gasteiger partial charge in [-0.05, 0) is 48.6 Å². The SMILES string of the molecule is CCCCn1cc(/C=c2\sc3n(c2=O)[C@H](c2ccccc2OC)C2=C(N=3)c3ccccc3CC2)c2ccccc21. The maximum atomic E-state index is 14.2. The van der Waals surface area contributed by atoms with Crippen molar-refractivity contribution in [2.24, 2.45) is 4.99 Å². The smallest absolute Gasteiger partial charge is 0.271 e. The van der Waals surface area contributed by atoms with Crippen molar-refractivity contribution in [1.82, 2.24) is 9.13 Å². The van der Waals surface area contributed by atoms with Gasteiger partial charge in [0.2, 0.25) is 0 Å². The van der Waals surface area contributed by atoms with E-state index in [2.05, 4.69) is 78.4 Å². The predicted octanol–water partition coefficient (Wildman–Crippen LogP) is 6.08. The first-order chi connectivity index (χ1) is 19.7. The van der Waals surface area contributed by atoms with Gasteiger partial charge in [0, 0.05) is 40.3 Å². The largest absolute Gasteiger partial charge is 0.496 e. The highest BCUT2D eigenvalue weighted by molar-refractivity contribution is 7.07.